The van der Waals surface area contributed by atoms with Gasteiger partial charge in [0, 0.05) is 13.0 Å². The van der Waals surface area contributed by atoms with E-state index in [1.165, 1.54) is 0 Å². The maximum Gasteiger partial charge on any atom is 0.326 e. The molecule has 2 aromatic rings. The summed E-state index contributed by atoms with van der Waals surface area (Å²) in [5, 5.41) is 17.4. The summed E-state index contributed by atoms with van der Waals surface area (Å²) < 4.78 is 0. The summed E-state index contributed by atoms with van der Waals surface area (Å²) in [4.78, 5) is 36.5. The molecule has 7 heteroatoms. The Bertz CT molecular complexity index is 809. The first-order valence-electron chi connectivity index (χ1n) is 9.52. The van der Waals surface area contributed by atoms with Gasteiger partial charge in [0.2, 0.25) is 5.91 Å². The van der Waals surface area contributed by atoms with Crippen LogP contribution >= 0.6 is 0 Å². The second-order valence-electron chi connectivity index (χ2n) is 7.12. The summed E-state index contributed by atoms with van der Waals surface area (Å²) in [5.74, 6) is -1.87. The average Bonchev–Trinajstić information content (AvgIpc) is 2.71. The smallest absolute Gasteiger partial charge is 0.326 e. The SMILES string of the molecule is CC(C)[C@H](NC(=O)NCc1ccccc1)C(=O)N[C@@H](Cc1ccccc1)C(=O)O. The molecule has 0 spiro atoms. The molecular weight excluding hydrogens is 370 g/mol. The molecule has 7 nitrogen and oxygen atoms in total. The number of nitrogens with one attached hydrogen (secondary N) is 3. The molecule has 3 amide bonds. The summed E-state index contributed by atoms with van der Waals surface area (Å²) in [7, 11) is 0. The first-order chi connectivity index (χ1) is 13.9. The first kappa shape index (κ1) is 21.9. The van der Waals surface area contributed by atoms with Gasteiger partial charge in [0.25, 0.3) is 0 Å². The van der Waals surface area contributed by atoms with E-state index in [2.05, 4.69) is 16.0 Å². The van der Waals surface area contributed by atoms with E-state index >= 15 is 0 Å². The van der Waals surface area contributed by atoms with Gasteiger partial charge >= 0.3 is 12.0 Å². The third-order valence-electron chi connectivity index (χ3n) is 4.43. The Hall–Kier alpha value is -3.35. The van der Waals surface area contributed by atoms with Crippen molar-refractivity contribution in [3.05, 3.63) is 71.8 Å². The third-order valence-corrected chi connectivity index (χ3v) is 4.43. The van der Waals surface area contributed by atoms with Crippen LogP contribution in [0.1, 0.15) is 25.0 Å². The number of rotatable bonds is 9. The zero-order chi connectivity index (χ0) is 21.2. The summed E-state index contributed by atoms with van der Waals surface area (Å²) in [6.07, 6.45) is 0.160. The fraction of sp³-hybridized carbons (Fsp3) is 0.318. The maximum absolute atomic E-state index is 12.7. The van der Waals surface area contributed by atoms with Gasteiger partial charge in [0.1, 0.15) is 12.1 Å². The molecule has 0 fully saturated rings. The summed E-state index contributed by atoms with van der Waals surface area (Å²) in [6.45, 7) is 3.90. The van der Waals surface area contributed by atoms with Crippen molar-refractivity contribution in [1.29, 1.82) is 0 Å². The molecule has 0 saturated carbocycles. The molecule has 0 aromatic heterocycles. The molecule has 2 rings (SSSR count). The van der Waals surface area contributed by atoms with Crippen LogP contribution in [-0.4, -0.2) is 35.1 Å². The third kappa shape index (κ3) is 7.29. The number of hydrogen-bond donors (Lipinski definition) is 4. The van der Waals surface area contributed by atoms with Gasteiger partial charge in [0.05, 0.1) is 0 Å². The molecule has 0 radical (unpaired) electrons. The lowest BCUT2D eigenvalue weighted by molar-refractivity contribution is -0.142. The van der Waals surface area contributed by atoms with Crippen LogP contribution in [0.25, 0.3) is 0 Å². The van der Waals surface area contributed by atoms with E-state index in [-0.39, 0.29) is 12.3 Å². The van der Waals surface area contributed by atoms with Crippen LogP contribution in [0, 0.1) is 5.92 Å². The van der Waals surface area contributed by atoms with E-state index in [0.29, 0.717) is 6.54 Å². The van der Waals surface area contributed by atoms with Crippen LogP contribution in [0.15, 0.2) is 60.7 Å². The molecule has 0 unspecified atom stereocenters. The number of carbonyl (C=O) groups is 3. The highest BCUT2D eigenvalue weighted by Gasteiger charge is 2.28. The van der Waals surface area contributed by atoms with Crippen LogP contribution in [0.5, 0.6) is 0 Å². The van der Waals surface area contributed by atoms with E-state index in [9.17, 15) is 19.5 Å². The minimum absolute atomic E-state index is 0.160. The van der Waals surface area contributed by atoms with Gasteiger partial charge in [-0.15, -0.1) is 0 Å². The molecule has 0 aliphatic carbocycles. The van der Waals surface area contributed by atoms with Gasteiger partial charge in [0.15, 0.2) is 0 Å². The van der Waals surface area contributed by atoms with Gasteiger partial charge in [-0.3, -0.25) is 4.79 Å². The molecular formula is C22H27N3O4. The van der Waals surface area contributed by atoms with Crippen molar-refractivity contribution >= 4 is 17.9 Å². The van der Waals surface area contributed by atoms with Gasteiger partial charge in [-0.05, 0) is 17.0 Å². The highest BCUT2D eigenvalue weighted by Crippen LogP contribution is 2.07. The Balaban J connectivity index is 1.96. The van der Waals surface area contributed by atoms with Gasteiger partial charge in [-0.2, -0.15) is 0 Å². The predicted molar refractivity (Wildman–Crippen MR) is 110 cm³/mol. The number of amides is 3. The topological polar surface area (TPSA) is 108 Å². The molecule has 0 saturated heterocycles. The van der Waals surface area contributed by atoms with Crippen molar-refractivity contribution in [2.75, 3.05) is 0 Å². The molecule has 0 bridgehead atoms. The number of carboxylic acid groups (broad SMARTS) is 1. The second kappa shape index (κ2) is 10.8. The Morgan fingerprint density at radius 1 is 0.862 bits per heavy atom. The van der Waals surface area contributed by atoms with Crippen molar-refractivity contribution in [3.8, 4) is 0 Å². The number of aliphatic carboxylic acids is 1. The van der Waals surface area contributed by atoms with Crippen LogP contribution in [-0.2, 0) is 22.6 Å². The first-order valence-corrected chi connectivity index (χ1v) is 9.52. The molecule has 29 heavy (non-hydrogen) atoms. The maximum atomic E-state index is 12.7. The summed E-state index contributed by atoms with van der Waals surface area (Å²) in [6, 6.07) is 16.0. The monoisotopic (exact) mass is 397 g/mol. The van der Waals surface area contributed by atoms with Crippen LogP contribution in [0.4, 0.5) is 4.79 Å². The normalized spacial score (nSPS) is 12.7. The molecule has 0 aliphatic heterocycles. The minimum atomic E-state index is -1.13. The quantitative estimate of drug-likeness (QED) is 0.521. The molecule has 0 heterocycles. The lowest BCUT2D eigenvalue weighted by atomic mass is 10.0. The van der Waals surface area contributed by atoms with E-state index in [0.717, 1.165) is 11.1 Å². The number of carboxylic acids is 1. The number of hydrogen-bond acceptors (Lipinski definition) is 3. The minimum Gasteiger partial charge on any atom is -0.480 e. The van der Waals surface area contributed by atoms with E-state index in [4.69, 9.17) is 0 Å². The van der Waals surface area contributed by atoms with E-state index < -0.39 is 30.0 Å². The average molecular weight is 397 g/mol. The summed E-state index contributed by atoms with van der Waals surface area (Å²) >= 11 is 0. The summed E-state index contributed by atoms with van der Waals surface area (Å²) in [5.41, 5.74) is 1.73. The van der Waals surface area contributed by atoms with Crippen molar-refractivity contribution in [2.45, 2.75) is 38.9 Å². The van der Waals surface area contributed by atoms with E-state index in [1.54, 1.807) is 26.0 Å². The van der Waals surface area contributed by atoms with Crippen molar-refractivity contribution < 1.29 is 19.5 Å². The van der Waals surface area contributed by atoms with Gasteiger partial charge in [-0.1, -0.05) is 74.5 Å². The lowest BCUT2D eigenvalue weighted by Gasteiger charge is -2.24. The Morgan fingerprint density at radius 2 is 1.41 bits per heavy atom. The molecule has 0 aliphatic rings. The molecule has 2 aromatic carbocycles. The van der Waals surface area contributed by atoms with Crippen molar-refractivity contribution in [1.82, 2.24) is 16.0 Å². The number of urea groups is 1. The molecule has 154 valence electrons. The lowest BCUT2D eigenvalue weighted by Crippen LogP contribution is -2.55. The number of carbonyl (C=O) groups excluding carboxylic acids is 2. The van der Waals surface area contributed by atoms with Crippen molar-refractivity contribution in [2.24, 2.45) is 5.92 Å². The molecule has 2 atom stereocenters. The molecule has 4 N–H and O–H groups in total. The van der Waals surface area contributed by atoms with Crippen LogP contribution in [0.3, 0.4) is 0 Å². The highest BCUT2D eigenvalue weighted by atomic mass is 16.4. The fourth-order valence-electron chi connectivity index (χ4n) is 2.82. The standard InChI is InChI=1S/C22H27N3O4/c1-15(2)19(25-22(29)23-14-17-11-7-4-8-12-17)20(26)24-18(21(27)28)13-16-9-5-3-6-10-16/h3-12,15,18-19H,13-14H2,1-2H3,(H,24,26)(H,27,28)(H2,23,25,29)/t18-,19-/m0/s1. The second-order valence-corrected chi connectivity index (χ2v) is 7.12. The Kier molecular flexibility index (Phi) is 8.21. The predicted octanol–water partition coefficient (Wildman–Crippen LogP) is 2.32. The van der Waals surface area contributed by atoms with Gasteiger partial charge < -0.3 is 21.1 Å². The van der Waals surface area contributed by atoms with Gasteiger partial charge in [-0.25, -0.2) is 9.59 Å². The fourth-order valence-corrected chi connectivity index (χ4v) is 2.82. The zero-order valence-electron chi connectivity index (χ0n) is 16.6. The zero-order valence-corrected chi connectivity index (χ0v) is 16.6. The van der Waals surface area contributed by atoms with Crippen LogP contribution in [0.2, 0.25) is 0 Å². The van der Waals surface area contributed by atoms with Crippen molar-refractivity contribution in [3.63, 3.8) is 0 Å². The largest absolute Gasteiger partial charge is 0.480 e. The number of benzene rings is 2. The van der Waals surface area contributed by atoms with Crippen LogP contribution < -0.4 is 16.0 Å². The Morgan fingerprint density at radius 3 is 1.93 bits per heavy atom. The van der Waals surface area contributed by atoms with E-state index in [1.807, 2.05) is 48.5 Å². The highest BCUT2D eigenvalue weighted by molar-refractivity contribution is 5.90. The Labute approximate surface area is 170 Å².